The number of carbonyl (C=O) groups excluding carboxylic acids is 1. The zero-order valence-corrected chi connectivity index (χ0v) is 11.6. The number of nitrogens with zero attached hydrogens (tertiary/aromatic N) is 2. The van der Waals surface area contributed by atoms with Crippen LogP contribution >= 0.6 is 0 Å². The maximum absolute atomic E-state index is 12.2. The van der Waals surface area contributed by atoms with Crippen LogP contribution in [0.5, 0.6) is 0 Å². The van der Waals surface area contributed by atoms with Crippen LogP contribution in [0, 0.1) is 6.92 Å². The minimum Gasteiger partial charge on any atom is -0.352 e. The predicted octanol–water partition coefficient (Wildman–Crippen LogP) is 1.56. The highest BCUT2D eigenvalue weighted by atomic mass is 16.2. The van der Waals surface area contributed by atoms with Crippen LogP contribution in [0.2, 0.25) is 0 Å². The summed E-state index contributed by atoms with van der Waals surface area (Å²) in [5, 5.41) is 7.16. The van der Waals surface area contributed by atoms with E-state index in [-0.39, 0.29) is 17.5 Å². The first-order valence-electron chi connectivity index (χ1n) is 6.95. The van der Waals surface area contributed by atoms with Crippen molar-refractivity contribution in [2.75, 3.05) is 0 Å². The van der Waals surface area contributed by atoms with Crippen molar-refractivity contribution in [1.82, 2.24) is 15.1 Å². The van der Waals surface area contributed by atoms with E-state index in [9.17, 15) is 9.59 Å². The molecule has 5 heteroatoms. The first kappa shape index (κ1) is 13.8. The largest absolute Gasteiger partial charge is 0.352 e. The van der Waals surface area contributed by atoms with E-state index in [1.54, 1.807) is 13.0 Å². The molecule has 0 aliphatic heterocycles. The third-order valence-corrected chi connectivity index (χ3v) is 3.66. The van der Waals surface area contributed by atoms with Crippen LogP contribution in [0.4, 0.5) is 0 Å². The van der Waals surface area contributed by atoms with E-state index in [1.165, 1.54) is 30.0 Å². The molecule has 1 unspecified atom stereocenters. The molecule has 1 amide bonds. The van der Waals surface area contributed by atoms with Gasteiger partial charge in [-0.3, -0.25) is 9.59 Å². The van der Waals surface area contributed by atoms with Gasteiger partial charge in [-0.2, -0.15) is 5.10 Å². The van der Waals surface area contributed by atoms with E-state index in [0.717, 1.165) is 18.5 Å². The van der Waals surface area contributed by atoms with Crippen molar-refractivity contribution in [3.05, 3.63) is 28.2 Å². The molecule has 0 aromatic carbocycles. The van der Waals surface area contributed by atoms with E-state index >= 15 is 0 Å². The van der Waals surface area contributed by atoms with Gasteiger partial charge in [0.2, 0.25) is 5.91 Å². The third-order valence-electron chi connectivity index (χ3n) is 3.66. The van der Waals surface area contributed by atoms with Crippen molar-refractivity contribution < 1.29 is 4.79 Å². The van der Waals surface area contributed by atoms with Gasteiger partial charge in [0.15, 0.2) is 0 Å². The fourth-order valence-corrected chi connectivity index (χ4v) is 2.48. The van der Waals surface area contributed by atoms with Gasteiger partial charge in [-0.05, 0) is 32.8 Å². The van der Waals surface area contributed by atoms with Gasteiger partial charge >= 0.3 is 0 Å². The lowest BCUT2D eigenvalue weighted by Gasteiger charge is -2.24. The molecule has 1 N–H and O–H groups in total. The lowest BCUT2D eigenvalue weighted by molar-refractivity contribution is -0.125. The topological polar surface area (TPSA) is 64.0 Å². The van der Waals surface area contributed by atoms with Crippen molar-refractivity contribution in [2.45, 2.75) is 58.0 Å². The van der Waals surface area contributed by atoms with E-state index in [1.807, 2.05) is 6.92 Å². The molecular weight excluding hydrogens is 242 g/mol. The second kappa shape index (κ2) is 5.99. The zero-order valence-electron chi connectivity index (χ0n) is 11.6. The Kier molecular flexibility index (Phi) is 4.35. The second-order valence-electron chi connectivity index (χ2n) is 5.28. The molecule has 1 aliphatic rings. The average molecular weight is 263 g/mol. The van der Waals surface area contributed by atoms with Gasteiger partial charge < -0.3 is 5.32 Å². The molecule has 1 atom stereocenters. The molecule has 1 heterocycles. The number of rotatable bonds is 3. The Balaban J connectivity index is 2.05. The zero-order chi connectivity index (χ0) is 13.8. The first-order valence-corrected chi connectivity index (χ1v) is 6.95. The lowest BCUT2D eigenvalue weighted by atomic mass is 9.95. The highest BCUT2D eigenvalue weighted by Crippen LogP contribution is 2.18. The Morgan fingerprint density at radius 2 is 2.05 bits per heavy atom. The molecule has 0 spiro atoms. The third kappa shape index (κ3) is 3.43. The summed E-state index contributed by atoms with van der Waals surface area (Å²) in [4.78, 5) is 23.9. The minimum absolute atomic E-state index is 0.118. The number of hydrogen-bond donors (Lipinski definition) is 1. The fraction of sp³-hybridized carbons (Fsp3) is 0.643. The monoisotopic (exact) mass is 263 g/mol. The number of nitrogens with one attached hydrogen (secondary N) is 1. The summed E-state index contributed by atoms with van der Waals surface area (Å²) in [6.45, 7) is 3.52. The van der Waals surface area contributed by atoms with Crippen LogP contribution in [0.15, 0.2) is 16.9 Å². The van der Waals surface area contributed by atoms with Gasteiger partial charge in [-0.1, -0.05) is 19.3 Å². The average Bonchev–Trinajstić information content (AvgIpc) is 2.42. The summed E-state index contributed by atoms with van der Waals surface area (Å²) in [7, 11) is 0. The summed E-state index contributed by atoms with van der Waals surface area (Å²) >= 11 is 0. The fourth-order valence-electron chi connectivity index (χ4n) is 2.48. The quantitative estimate of drug-likeness (QED) is 0.900. The summed E-state index contributed by atoms with van der Waals surface area (Å²) in [6, 6.07) is 2.80. The van der Waals surface area contributed by atoms with Gasteiger partial charge in [-0.25, -0.2) is 4.68 Å². The maximum atomic E-state index is 12.2. The molecule has 1 aromatic rings. The molecule has 1 fully saturated rings. The molecular formula is C14H21N3O2. The molecule has 1 aromatic heterocycles. The second-order valence-corrected chi connectivity index (χ2v) is 5.28. The number of aryl methyl sites for hydroxylation is 1. The highest BCUT2D eigenvalue weighted by Gasteiger charge is 2.21. The lowest BCUT2D eigenvalue weighted by Crippen LogP contribution is -2.42. The summed E-state index contributed by atoms with van der Waals surface area (Å²) in [5.41, 5.74) is 0.494. The van der Waals surface area contributed by atoms with Crippen LogP contribution in [0.3, 0.4) is 0 Å². The van der Waals surface area contributed by atoms with Crippen molar-refractivity contribution in [2.24, 2.45) is 0 Å². The van der Waals surface area contributed by atoms with Gasteiger partial charge in [0, 0.05) is 12.1 Å². The first-order chi connectivity index (χ1) is 9.08. The molecule has 0 bridgehead atoms. The Labute approximate surface area is 113 Å². The smallest absolute Gasteiger partial charge is 0.267 e. The van der Waals surface area contributed by atoms with Crippen LogP contribution in [0.25, 0.3) is 0 Å². The van der Waals surface area contributed by atoms with Crippen LogP contribution < -0.4 is 10.9 Å². The van der Waals surface area contributed by atoms with Crippen LogP contribution in [-0.2, 0) is 4.79 Å². The van der Waals surface area contributed by atoms with E-state index in [2.05, 4.69) is 10.4 Å². The highest BCUT2D eigenvalue weighted by molar-refractivity contribution is 5.80. The Bertz CT molecular complexity index is 504. The summed E-state index contributed by atoms with van der Waals surface area (Å²) < 4.78 is 1.26. The van der Waals surface area contributed by atoms with Crippen molar-refractivity contribution >= 4 is 5.91 Å². The SMILES string of the molecule is Cc1ccc(=O)n(C(C)C(=O)NC2CCCCC2)n1. The molecule has 19 heavy (non-hydrogen) atoms. The van der Waals surface area contributed by atoms with E-state index < -0.39 is 6.04 Å². The van der Waals surface area contributed by atoms with Crippen LogP contribution in [0.1, 0.15) is 50.8 Å². The Morgan fingerprint density at radius 1 is 1.37 bits per heavy atom. The van der Waals surface area contributed by atoms with Crippen molar-refractivity contribution in [3.8, 4) is 0 Å². The number of amides is 1. The maximum Gasteiger partial charge on any atom is 0.267 e. The summed E-state index contributed by atoms with van der Waals surface area (Å²) in [5.74, 6) is -0.118. The normalized spacial score (nSPS) is 18.0. The molecule has 1 aliphatic carbocycles. The summed E-state index contributed by atoms with van der Waals surface area (Å²) in [6.07, 6.45) is 5.66. The number of carbonyl (C=O) groups is 1. The molecule has 5 nitrogen and oxygen atoms in total. The molecule has 2 rings (SSSR count). The molecule has 0 radical (unpaired) electrons. The molecule has 104 valence electrons. The molecule has 0 saturated heterocycles. The van der Waals surface area contributed by atoms with Crippen molar-refractivity contribution in [1.29, 1.82) is 0 Å². The molecule has 1 saturated carbocycles. The Hall–Kier alpha value is -1.65. The van der Waals surface area contributed by atoms with Gasteiger partial charge in [-0.15, -0.1) is 0 Å². The van der Waals surface area contributed by atoms with Crippen LogP contribution in [-0.4, -0.2) is 21.7 Å². The van der Waals surface area contributed by atoms with Gasteiger partial charge in [0.1, 0.15) is 6.04 Å². The van der Waals surface area contributed by atoms with Gasteiger partial charge in [0.25, 0.3) is 5.56 Å². The minimum atomic E-state index is -0.561. The van der Waals surface area contributed by atoms with Crippen molar-refractivity contribution in [3.63, 3.8) is 0 Å². The van der Waals surface area contributed by atoms with Gasteiger partial charge in [0.05, 0.1) is 5.69 Å². The Morgan fingerprint density at radius 3 is 2.74 bits per heavy atom. The van der Waals surface area contributed by atoms with E-state index in [4.69, 9.17) is 0 Å². The predicted molar refractivity (Wildman–Crippen MR) is 73.0 cm³/mol. The number of hydrogen-bond acceptors (Lipinski definition) is 3. The standard InChI is InChI=1S/C14H21N3O2/c1-10-8-9-13(18)17(16-10)11(2)14(19)15-12-6-4-3-5-7-12/h8-9,11-12H,3-7H2,1-2H3,(H,15,19). The van der Waals surface area contributed by atoms with E-state index in [0.29, 0.717) is 0 Å². The number of aromatic nitrogens is 2.